The van der Waals surface area contributed by atoms with Crippen LogP contribution in [0.1, 0.15) is 0 Å². The van der Waals surface area contributed by atoms with Gasteiger partial charge in [0.05, 0.1) is 4.90 Å². The van der Waals surface area contributed by atoms with Crippen LogP contribution in [0.4, 0.5) is 0 Å². The lowest BCUT2D eigenvalue weighted by molar-refractivity contribution is -0.114. The third-order valence-electron chi connectivity index (χ3n) is 3.24. The molecule has 3 rings (SSSR count). The van der Waals surface area contributed by atoms with Crippen molar-refractivity contribution in [3.05, 3.63) is 65.6 Å². The van der Waals surface area contributed by atoms with Gasteiger partial charge in [-0.15, -0.1) is 0 Å². The molecule has 0 fully saturated rings. The molecule has 0 spiro atoms. The van der Waals surface area contributed by atoms with Gasteiger partial charge in [-0.2, -0.15) is 0 Å². The van der Waals surface area contributed by atoms with Crippen molar-refractivity contribution in [2.24, 2.45) is 0 Å². The third kappa shape index (κ3) is 2.32. The van der Waals surface area contributed by atoms with Gasteiger partial charge in [-0.05, 0) is 35.1 Å². The van der Waals surface area contributed by atoms with Crippen LogP contribution in [0.25, 0.3) is 10.8 Å². The Labute approximate surface area is 121 Å². The van der Waals surface area contributed by atoms with Crippen molar-refractivity contribution in [2.75, 3.05) is 0 Å². The Hall–Kier alpha value is -2.53. The Morgan fingerprint density at radius 3 is 2.29 bits per heavy atom. The molecule has 0 bridgehead atoms. The minimum absolute atomic E-state index is 0.00361. The Balaban J connectivity index is 2.16. The number of fused-ring (bicyclic) bond motifs is 1. The van der Waals surface area contributed by atoms with Gasteiger partial charge < -0.3 is 0 Å². The van der Waals surface area contributed by atoms with E-state index in [1.54, 1.807) is 18.2 Å². The van der Waals surface area contributed by atoms with E-state index in [1.165, 1.54) is 12.1 Å². The lowest BCUT2D eigenvalue weighted by Gasteiger charge is -2.09. The van der Waals surface area contributed by atoms with Crippen molar-refractivity contribution in [3.63, 3.8) is 0 Å². The van der Waals surface area contributed by atoms with Gasteiger partial charge in [0.25, 0.3) is 0 Å². The van der Waals surface area contributed by atoms with Crippen LogP contribution in [-0.2, 0) is 19.4 Å². The minimum Gasteiger partial charge on any atom is -0.290 e. The summed E-state index contributed by atoms with van der Waals surface area (Å²) in [6.45, 7) is 0. The molecule has 2 aromatic rings. The minimum atomic E-state index is -4.00. The van der Waals surface area contributed by atoms with E-state index in [0.717, 1.165) is 29.0 Å². The molecule has 0 aromatic heterocycles. The molecule has 4 nitrogen and oxygen atoms in total. The van der Waals surface area contributed by atoms with Crippen molar-refractivity contribution in [3.8, 4) is 0 Å². The van der Waals surface area contributed by atoms with Crippen LogP contribution in [0.5, 0.6) is 0 Å². The molecule has 2 aromatic carbocycles. The molecule has 0 aliphatic heterocycles. The topological polar surface area (TPSA) is 68.3 Å². The van der Waals surface area contributed by atoms with Gasteiger partial charge in [-0.25, -0.2) is 8.42 Å². The maximum atomic E-state index is 12.5. The summed E-state index contributed by atoms with van der Waals surface area (Å²) in [5.74, 6) is -1.18. The van der Waals surface area contributed by atoms with Gasteiger partial charge >= 0.3 is 0 Å². The van der Waals surface area contributed by atoms with E-state index >= 15 is 0 Å². The number of ketones is 2. The summed E-state index contributed by atoms with van der Waals surface area (Å²) in [5.41, 5.74) is 0. The quantitative estimate of drug-likeness (QED) is 0.797. The number of carbonyl (C=O) groups excluding carboxylic acids is 2. The second kappa shape index (κ2) is 4.79. The zero-order chi connectivity index (χ0) is 15.0. The molecular formula is C16H10O4S. The van der Waals surface area contributed by atoms with Crippen molar-refractivity contribution >= 4 is 32.2 Å². The standard InChI is InChI=1S/C16H10O4S/c17-13-6-8-15(18)16(10-13)21(19,20)14-7-5-11-3-1-2-4-12(11)9-14/h1-10H. The molecule has 0 saturated carbocycles. The molecule has 21 heavy (non-hydrogen) atoms. The van der Waals surface area contributed by atoms with E-state index in [4.69, 9.17) is 0 Å². The highest BCUT2D eigenvalue weighted by Gasteiger charge is 2.28. The van der Waals surface area contributed by atoms with Crippen LogP contribution in [0.3, 0.4) is 0 Å². The first-order chi connectivity index (χ1) is 9.98. The lowest BCUT2D eigenvalue weighted by Crippen LogP contribution is -2.16. The summed E-state index contributed by atoms with van der Waals surface area (Å²) >= 11 is 0. The average Bonchev–Trinajstić information content (AvgIpc) is 2.49. The fraction of sp³-hybridized carbons (Fsp3) is 0. The lowest BCUT2D eigenvalue weighted by atomic mass is 10.1. The predicted molar refractivity (Wildman–Crippen MR) is 78.4 cm³/mol. The predicted octanol–water partition coefficient (Wildman–Crippen LogP) is 2.21. The van der Waals surface area contributed by atoms with Gasteiger partial charge in [-0.3, -0.25) is 9.59 Å². The number of allylic oxidation sites excluding steroid dienone is 4. The van der Waals surface area contributed by atoms with Crippen LogP contribution in [0, 0.1) is 0 Å². The molecule has 0 radical (unpaired) electrons. The Bertz CT molecular complexity index is 934. The van der Waals surface area contributed by atoms with Gasteiger partial charge in [0, 0.05) is 6.08 Å². The molecule has 0 heterocycles. The molecule has 0 saturated heterocycles. The van der Waals surface area contributed by atoms with E-state index in [1.807, 2.05) is 12.1 Å². The van der Waals surface area contributed by atoms with E-state index < -0.39 is 26.3 Å². The van der Waals surface area contributed by atoms with Crippen LogP contribution in [0.15, 0.2) is 70.5 Å². The first kappa shape index (κ1) is 13.5. The molecule has 104 valence electrons. The Morgan fingerprint density at radius 1 is 0.810 bits per heavy atom. The second-order valence-electron chi connectivity index (χ2n) is 4.62. The van der Waals surface area contributed by atoms with E-state index in [-0.39, 0.29) is 4.90 Å². The fourth-order valence-electron chi connectivity index (χ4n) is 2.16. The Kier molecular flexibility index (Phi) is 3.07. The normalized spacial score (nSPS) is 15.3. The molecule has 5 heteroatoms. The van der Waals surface area contributed by atoms with Gasteiger partial charge in [-0.1, -0.05) is 30.3 Å². The monoisotopic (exact) mass is 298 g/mol. The fourth-order valence-corrected chi connectivity index (χ4v) is 3.55. The van der Waals surface area contributed by atoms with Gasteiger partial charge in [0.15, 0.2) is 11.6 Å². The summed E-state index contributed by atoms with van der Waals surface area (Å²) in [6, 6.07) is 11.9. The SMILES string of the molecule is O=C1C=CC(=O)C(S(=O)(=O)c2ccc3ccccc3c2)=C1. The van der Waals surface area contributed by atoms with Crippen molar-refractivity contribution in [1.82, 2.24) is 0 Å². The second-order valence-corrected chi connectivity index (χ2v) is 6.54. The first-order valence-electron chi connectivity index (χ1n) is 6.20. The molecule has 0 atom stereocenters. The van der Waals surface area contributed by atoms with Gasteiger partial charge in [0.2, 0.25) is 9.84 Å². The highest BCUT2D eigenvalue weighted by atomic mass is 32.2. The molecule has 1 aliphatic carbocycles. The zero-order valence-corrected chi connectivity index (χ0v) is 11.6. The van der Waals surface area contributed by atoms with Crippen LogP contribution in [-0.4, -0.2) is 20.0 Å². The summed E-state index contributed by atoms with van der Waals surface area (Å²) < 4.78 is 25.0. The number of rotatable bonds is 2. The summed E-state index contributed by atoms with van der Waals surface area (Å²) in [7, 11) is -4.00. The van der Waals surface area contributed by atoms with E-state index in [9.17, 15) is 18.0 Å². The third-order valence-corrected chi connectivity index (χ3v) is 5.01. The average molecular weight is 298 g/mol. The maximum Gasteiger partial charge on any atom is 0.210 e. The van der Waals surface area contributed by atoms with Crippen molar-refractivity contribution in [1.29, 1.82) is 0 Å². The zero-order valence-electron chi connectivity index (χ0n) is 10.8. The van der Waals surface area contributed by atoms with Crippen LogP contribution >= 0.6 is 0 Å². The summed E-state index contributed by atoms with van der Waals surface area (Å²) in [4.78, 5) is 22.6. The highest BCUT2D eigenvalue weighted by Crippen LogP contribution is 2.25. The number of hydrogen-bond acceptors (Lipinski definition) is 4. The summed E-state index contributed by atoms with van der Waals surface area (Å²) in [5, 5.41) is 1.65. The molecular weight excluding hydrogens is 288 g/mol. The summed E-state index contributed by atoms with van der Waals surface area (Å²) in [6.07, 6.45) is 2.91. The number of benzene rings is 2. The highest BCUT2D eigenvalue weighted by molar-refractivity contribution is 7.96. The molecule has 1 aliphatic rings. The Morgan fingerprint density at radius 2 is 1.52 bits per heavy atom. The molecule has 0 N–H and O–H groups in total. The van der Waals surface area contributed by atoms with E-state index in [2.05, 4.69) is 0 Å². The maximum absolute atomic E-state index is 12.5. The van der Waals surface area contributed by atoms with E-state index in [0.29, 0.717) is 0 Å². The smallest absolute Gasteiger partial charge is 0.210 e. The van der Waals surface area contributed by atoms with Crippen molar-refractivity contribution in [2.45, 2.75) is 4.90 Å². The van der Waals surface area contributed by atoms with Crippen LogP contribution in [0.2, 0.25) is 0 Å². The largest absolute Gasteiger partial charge is 0.290 e. The number of sulfone groups is 1. The first-order valence-corrected chi connectivity index (χ1v) is 7.69. The number of carbonyl (C=O) groups is 2. The molecule has 0 unspecified atom stereocenters. The molecule has 0 amide bonds. The van der Waals surface area contributed by atoms with Crippen LogP contribution < -0.4 is 0 Å². The number of hydrogen-bond donors (Lipinski definition) is 0. The van der Waals surface area contributed by atoms with Crippen molar-refractivity contribution < 1.29 is 18.0 Å². The van der Waals surface area contributed by atoms with Gasteiger partial charge in [0.1, 0.15) is 4.91 Å².